The number of para-hydroxylation sites is 1. The lowest BCUT2D eigenvalue weighted by molar-refractivity contribution is -0.136. The van der Waals surface area contributed by atoms with E-state index in [-0.39, 0.29) is 18.2 Å². The van der Waals surface area contributed by atoms with Crippen LogP contribution in [0, 0.1) is 0 Å². The van der Waals surface area contributed by atoms with Crippen LogP contribution in [0.2, 0.25) is 0 Å². The highest BCUT2D eigenvalue weighted by atomic mass is 16.4. The van der Waals surface area contributed by atoms with E-state index in [0.29, 0.717) is 24.2 Å². The van der Waals surface area contributed by atoms with E-state index in [2.05, 4.69) is 10.6 Å². The van der Waals surface area contributed by atoms with Crippen LogP contribution in [0.1, 0.15) is 38.2 Å². The number of carboxylic acid groups (broad SMARTS) is 1. The lowest BCUT2D eigenvalue weighted by Crippen LogP contribution is -2.20. The molecule has 0 fully saturated rings. The van der Waals surface area contributed by atoms with Crippen molar-refractivity contribution in [3.63, 3.8) is 0 Å². The molecule has 0 radical (unpaired) electrons. The van der Waals surface area contributed by atoms with Crippen LogP contribution in [-0.4, -0.2) is 29.4 Å². The van der Waals surface area contributed by atoms with Crippen LogP contribution in [0.5, 0.6) is 0 Å². The molecule has 6 heteroatoms. The molecule has 6 nitrogen and oxygen atoms in total. The van der Waals surface area contributed by atoms with Gasteiger partial charge < -0.3 is 15.7 Å². The number of unbranched alkanes of at least 4 members (excludes halogenated alkanes) is 2. The van der Waals surface area contributed by atoms with E-state index in [0.717, 1.165) is 19.3 Å². The van der Waals surface area contributed by atoms with Crippen molar-refractivity contribution in [2.75, 3.05) is 11.9 Å². The van der Waals surface area contributed by atoms with Crippen molar-refractivity contribution >= 4 is 23.5 Å². The van der Waals surface area contributed by atoms with Gasteiger partial charge >= 0.3 is 5.97 Å². The lowest BCUT2D eigenvalue weighted by Gasteiger charge is -2.09. The zero-order valence-corrected chi connectivity index (χ0v) is 12.7. The minimum atomic E-state index is -0.931. The van der Waals surface area contributed by atoms with Crippen LogP contribution in [0.4, 0.5) is 5.69 Å². The Kier molecular flexibility index (Phi) is 7.67. The number of aliphatic carboxylic acids is 1. The molecule has 0 aliphatic heterocycles. The summed E-state index contributed by atoms with van der Waals surface area (Å²) in [4.78, 5) is 33.3. The fourth-order valence-corrected chi connectivity index (χ4v) is 2.02. The Morgan fingerprint density at radius 1 is 1.09 bits per heavy atom. The van der Waals surface area contributed by atoms with Crippen molar-refractivity contribution in [3.8, 4) is 0 Å². The van der Waals surface area contributed by atoms with Gasteiger partial charge in [0.15, 0.2) is 0 Å². The van der Waals surface area contributed by atoms with Gasteiger partial charge in [-0.3, -0.25) is 14.4 Å². The molecule has 120 valence electrons. The first-order valence-electron chi connectivity index (χ1n) is 7.33. The number of hydrogen-bond donors (Lipinski definition) is 3. The van der Waals surface area contributed by atoms with Crippen LogP contribution in [0.25, 0.3) is 0 Å². The average Bonchev–Trinajstić information content (AvgIpc) is 2.44. The Labute approximate surface area is 129 Å². The van der Waals surface area contributed by atoms with E-state index in [1.54, 1.807) is 24.3 Å². The molecule has 0 unspecified atom stereocenters. The summed E-state index contributed by atoms with van der Waals surface area (Å²) >= 11 is 0. The van der Waals surface area contributed by atoms with Gasteiger partial charge in [-0.1, -0.05) is 24.6 Å². The second kappa shape index (κ2) is 9.55. The van der Waals surface area contributed by atoms with E-state index >= 15 is 0 Å². The van der Waals surface area contributed by atoms with Crippen LogP contribution in [0.15, 0.2) is 24.3 Å². The lowest BCUT2D eigenvalue weighted by atomic mass is 10.1. The van der Waals surface area contributed by atoms with Crippen LogP contribution in [-0.2, 0) is 20.8 Å². The summed E-state index contributed by atoms with van der Waals surface area (Å²) in [7, 11) is 0. The van der Waals surface area contributed by atoms with Gasteiger partial charge in [0.2, 0.25) is 11.8 Å². The zero-order valence-electron chi connectivity index (χ0n) is 12.7. The maximum absolute atomic E-state index is 11.9. The van der Waals surface area contributed by atoms with Gasteiger partial charge in [0.25, 0.3) is 0 Å². The highest BCUT2D eigenvalue weighted by Gasteiger charge is 2.09. The monoisotopic (exact) mass is 306 g/mol. The zero-order chi connectivity index (χ0) is 16.4. The smallest absolute Gasteiger partial charge is 0.307 e. The summed E-state index contributed by atoms with van der Waals surface area (Å²) in [5, 5.41) is 14.3. The number of rotatable bonds is 9. The molecular formula is C16H22N2O4. The van der Waals surface area contributed by atoms with E-state index < -0.39 is 5.97 Å². The van der Waals surface area contributed by atoms with Crippen molar-refractivity contribution in [2.24, 2.45) is 0 Å². The Morgan fingerprint density at radius 3 is 2.50 bits per heavy atom. The number of carbonyl (C=O) groups excluding carboxylic acids is 2. The number of amides is 2. The largest absolute Gasteiger partial charge is 0.481 e. The molecule has 3 N–H and O–H groups in total. The molecule has 1 aromatic rings. The number of nitrogens with one attached hydrogen (secondary N) is 2. The standard InChI is InChI=1S/C16H22N2O4/c1-12(19)17-10-6-2-3-9-15(20)18-14-8-5-4-7-13(14)11-16(21)22/h4-5,7-8H,2-3,6,9-11H2,1H3,(H,17,19)(H,18,20)(H,21,22). The SMILES string of the molecule is CC(=O)NCCCCCC(=O)Nc1ccccc1CC(=O)O. The highest BCUT2D eigenvalue weighted by molar-refractivity contribution is 5.92. The third-order valence-electron chi connectivity index (χ3n) is 3.09. The molecule has 0 aliphatic carbocycles. The Balaban J connectivity index is 2.33. The van der Waals surface area contributed by atoms with E-state index in [1.165, 1.54) is 6.92 Å². The Bertz CT molecular complexity index is 529. The molecule has 0 aromatic heterocycles. The predicted octanol–water partition coefficient (Wildman–Crippen LogP) is 1.95. The summed E-state index contributed by atoms with van der Waals surface area (Å²) in [6, 6.07) is 6.90. The first kappa shape index (κ1) is 17.7. The second-order valence-corrected chi connectivity index (χ2v) is 5.07. The Hall–Kier alpha value is -2.37. The summed E-state index contributed by atoms with van der Waals surface area (Å²) in [5.41, 5.74) is 1.14. The number of benzene rings is 1. The minimum absolute atomic E-state index is 0.0484. The molecule has 0 atom stereocenters. The van der Waals surface area contributed by atoms with Crippen LogP contribution >= 0.6 is 0 Å². The molecule has 1 aromatic carbocycles. The maximum Gasteiger partial charge on any atom is 0.307 e. The minimum Gasteiger partial charge on any atom is -0.481 e. The van der Waals surface area contributed by atoms with E-state index in [9.17, 15) is 14.4 Å². The van der Waals surface area contributed by atoms with Crippen molar-refractivity contribution < 1.29 is 19.5 Å². The fourth-order valence-electron chi connectivity index (χ4n) is 2.02. The summed E-state index contributed by atoms with van der Waals surface area (Å²) < 4.78 is 0. The molecular weight excluding hydrogens is 284 g/mol. The van der Waals surface area contributed by atoms with Gasteiger partial charge in [-0.25, -0.2) is 0 Å². The van der Waals surface area contributed by atoms with E-state index in [4.69, 9.17) is 5.11 Å². The van der Waals surface area contributed by atoms with Gasteiger partial charge in [0.1, 0.15) is 0 Å². The topological polar surface area (TPSA) is 95.5 Å². The van der Waals surface area contributed by atoms with Gasteiger partial charge in [-0.05, 0) is 24.5 Å². The third kappa shape index (κ3) is 7.42. The number of carbonyl (C=O) groups is 3. The van der Waals surface area contributed by atoms with Gasteiger partial charge in [-0.2, -0.15) is 0 Å². The number of hydrogen-bond acceptors (Lipinski definition) is 3. The molecule has 0 spiro atoms. The molecule has 0 saturated heterocycles. The van der Waals surface area contributed by atoms with Crippen LogP contribution in [0.3, 0.4) is 0 Å². The number of anilines is 1. The van der Waals surface area contributed by atoms with Crippen molar-refractivity contribution in [3.05, 3.63) is 29.8 Å². The molecule has 0 aliphatic rings. The molecule has 2 amide bonds. The first-order valence-corrected chi connectivity index (χ1v) is 7.33. The summed E-state index contributed by atoms with van der Waals surface area (Å²) in [6.07, 6.45) is 2.67. The van der Waals surface area contributed by atoms with Crippen molar-refractivity contribution in [2.45, 2.75) is 39.0 Å². The molecule has 22 heavy (non-hydrogen) atoms. The maximum atomic E-state index is 11.9. The van der Waals surface area contributed by atoms with Gasteiger partial charge in [0, 0.05) is 25.6 Å². The summed E-state index contributed by atoms with van der Waals surface area (Å²) in [5.74, 6) is -1.11. The summed E-state index contributed by atoms with van der Waals surface area (Å²) in [6.45, 7) is 2.10. The molecule has 0 saturated carbocycles. The number of carboxylic acids is 1. The quantitative estimate of drug-likeness (QED) is 0.608. The molecule has 0 bridgehead atoms. The highest BCUT2D eigenvalue weighted by Crippen LogP contribution is 2.16. The fraction of sp³-hybridized carbons (Fsp3) is 0.438. The van der Waals surface area contributed by atoms with Crippen molar-refractivity contribution in [1.29, 1.82) is 0 Å². The van der Waals surface area contributed by atoms with Crippen LogP contribution < -0.4 is 10.6 Å². The molecule has 0 heterocycles. The average molecular weight is 306 g/mol. The first-order chi connectivity index (χ1) is 10.5. The van der Waals surface area contributed by atoms with Gasteiger partial charge in [-0.15, -0.1) is 0 Å². The predicted molar refractivity (Wildman–Crippen MR) is 83.6 cm³/mol. The second-order valence-electron chi connectivity index (χ2n) is 5.07. The van der Waals surface area contributed by atoms with Gasteiger partial charge in [0.05, 0.1) is 6.42 Å². The third-order valence-corrected chi connectivity index (χ3v) is 3.09. The normalized spacial score (nSPS) is 10.0. The Morgan fingerprint density at radius 2 is 1.82 bits per heavy atom. The van der Waals surface area contributed by atoms with Crippen molar-refractivity contribution in [1.82, 2.24) is 5.32 Å². The molecule has 1 rings (SSSR count). The van der Waals surface area contributed by atoms with E-state index in [1.807, 2.05) is 0 Å².